The van der Waals surface area contributed by atoms with Crippen molar-refractivity contribution in [1.29, 1.82) is 0 Å². The van der Waals surface area contributed by atoms with Crippen molar-refractivity contribution >= 4 is 15.9 Å². The molecule has 0 aliphatic heterocycles. The first kappa shape index (κ1) is 17.4. The highest BCUT2D eigenvalue weighted by atomic mass is 79.9. The summed E-state index contributed by atoms with van der Waals surface area (Å²) in [5, 5.41) is 0. The second-order valence-corrected chi connectivity index (χ2v) is 6.49. The molecule has 0 aliphatic rings. The fourth-order valence-electron chi connectivity index (χ4n) is 2.55. The molecule has 0 saturated carbocycles. The summed E-state index contributed by atoms with van der Waals surface area (Å²) in [6.07, 6.45) is 1.61. The molecule has 0 amide bonds. The molecule has 6 heteroatoms. The molecule has 0 atom stereocenters. The molecule has 0 unspecified atom stereocenters. The zero-order valence-corrected chi connectivity index (χ0v) is 15.4. The number of nitrogens with one attached hydrogen (secondary N) is 1. The van der Waals surface area contributed by atoms with Crippen LogP contribution in [0.3, 0.4) is 0 Å². The Kier molecular flexibility index (Phi) is 4.99. The highest BCUT2D eigenvalue weighted by Gasteiger charge is 2.13. The number of aromatic amines is 1. The van der Waals surface area contributed by atoms with E-state index in [1.807, 2.05) is 13.8 Å². The number of aromatic nitrogens is 2. The Morgan fingerprint density at radius 2 is 1.84 bits per heavy atom. The molecular weight excluding hydrogens is 387 g/mol. The molecule has 128 valence electrons. The lowest BCUT2D eigenvalue weighted by Gasteiger charge is -2.10. The first-order valence-electron chi connectivity index (χ1n) is 7.68. The third-order valence-electron chi connectivity index (χ3n) is 3.83. The van der Waals surface area contributed by atoms with Crippen LogP contribution in [0.5, 0.6) is 5.88 Å². The zero-order valence-electron chi connectivity index (χ0n) is 13.8. The number of pyridine rings is 2. The smallest absolute Gasteiger partial charge is 0.213 e. The minimum atomic E-state index is -0.281. The summed E-state index contributed by atoms with van der Waals surface area (Å²) >= 11 is 3.32. The van der Waals surface area contributed by atoms with E-state index < -0.39 is 0 Å². The molecule has 2 heterocycles. The summed E-state index contributed by atoms with van der Waals surface area (Å²) in [4.78, 5) is 19.9. The maximum Gasteiger partial charge on any atom is 0.213 e. The topological polar surface area (TPSA) is 55.0 Å². The Morgan fingerprint density at radius 3 is 2.48 bits per heavy atom. The molecule has 0 radical (unpaired) electrons. The Morgan fingerprint density at radius 1 is 1.12 bits per heavy atom. The molecule has 3 rings (SSSR count). The van der Waals surface area contributed by atoms with Gasteiger partial charge in [0, 0.05) is 29.2 Å². The fourth-order valence-corrected chi connectivity index (χ4v) is 2.85. The van der Waals surface area contributed by atoms with Crippen LogP contribution in [0.4, 0.5) is 4.39 Å². The van der Waals surface area contributed by atoms with Gasteiger partial charge in [0.2, 0.25) is 11.3 Å². The summed E-state index contributed by atoms with van der Waals surface area (Å²) in [7, 11) is 0. The van der Waals surface area contributed by atoms with Gasteiger partial charge in [-0.05, 0) is 53.5 Å². The largest absolute Gasteiger partial charge is 0.473 e. The highest BCUT2D eigenvalue weighted by Crippen LogP contribution is 2.23. The van der Waals surface area contributed by atoms with E-state index in [1.165, 1.54) is 12.1 Å². The number of hydrogen-bond donors (Lipinski definition) is 1. The second kappa shape index (κ2) is 7.19. The molecule has 25 heavy (non-hydrogen) atoms. The standard InChI is InChI=1S/C19H16BrFN2O2/c1-11-17(19(24)18(20)12(2)23-11)14-5-8-16(22-9-14)25-10-13-3-6-15(21)7-4-13/h3-9H,10H2,1-2H3,(H,23,24). The maximum atomic E-state index is 12.9. The molecule has 1 N–H and O–H groups in total. The predicted molar refractivity (Wildman–Crippen MR) is 98.2 cm³/mol. The van der Waals surface area contributed by atoms with E-state index in [2.05, 4.69) is 25.9 Å². The first-order chi connectivity index (χ1) is 12.0. The second-order valence-electron chi connectivity index (χ2n) is 5.69. The normalized spacial score (nSPS) is 10.7. The lowest BCUT2D eigenvalue weighted by atomic mass is 10.1. The van der Waals surface area contributed by atoms with E-state index in [-0.39, 0.29) is 11.2 Å². The third kappa shape index (κ3) is 3.79. The van der Waals surface area contributed by atoms with Crippen LogP contribution in [0.1, 0.15) is 17.0 Å². The average Bonchev–Trinajstić information content (AvgIpc) is 2.60. The minimum Gasteiger partial charge on any atom is -0.473 e. The summed E-state index contributed by atoms with van der Waals surface area (Å²) in [6, 6.07) is 9.61. The van der Waals surface area contributed by atoms with Crippen molar-refractivity contribution in [3.8, 4) is 17.0 Å². The number of hydrogen-bond acceptors (Lipinski definition) is 3. The summed E-state index contributed by atoms with van der Waals surface area (Å²) in [6.45, 7) is 3.99. The number of H-pyrrole nitrogens is 1. The molecule has 1 aromatic carbocycles. The minimum absolute atomic E-state index is 0.0736. The maximum absolute atomic E-state index is 12.9. The van der Waals surface area contributed by atoms with Gasteiger partial charge in [-0.25, -0.2) is 9.37 Å². The predicted octanol–water partition coefficient (Wildman–Crippen LogP) is 4.53. The third-order valence-corrected chi connectivity index (χ3v) is 4.79. The molecule has 0 aliphatic carbocycles. The quantitative estimate of drug-likeness (QED) is 0.696. The lowest BCUT2D eigenvalue weighted by molar-refractivity contribution is 0.294. The van der Waals surface area contributed by atoms with Gasteiger partial charge in [-0.3, -0.25) is 4.79 Å². The number of aryl methyl sites for hydroxylation is 2. The zero-order chi connectivity index (χ0) is 18.0. The first-order valence-corrected chi connectivity index (χ1v) is 8.47. The molecule has 3 aromatic rings. The Balaban J connectivity index is 1.80. The average molecular weight is 403 g/mol. The van der Waals surface area contributed by atoms with Gasteiger partial charge < -0.3 is 9.72 Å². The van der Waals surface area contributed by atoms with Gasteiger partial charge in [-0.2, -0.15) is 0 Å². The van der Waals surface area contributed by atoms with Gasteiger partial charge in [-0.1, -0.05) is 12.1 Å². The summed E-state index contributed by atoms with van der Waals surface area (Å²) in [5.74, 6) is 0.157. The molecular formula is C19H16BrFN2O2. The van der Waals surface area contributed by atoms with E-state index in [1.54, 1.807) is 30.5 Å². The van der Waals surface area contributed by atoms with Crippen molar-refractivity contribution < 1.29 is 9.13 Å². The van der Waals surface area contributed by atoms with Crippen LogP contribution in [0.2, 0.25) is 0 Å². The molecule has 0 fully saturated rings. The summed E-state index contributed by atoms with van der Waals surface area (Å²) < 4.78 is 19.0. The lowest BCUT2D eigenvalue weighted by Crippen LogP contribution is -2.12. The van der Waals surface area contributed by atoms with Gasteiger partial charge in [0.1, 0.15) is 12.4 Å². The Bertz CT molecular complexity index is 951. The van der Waals surface area contributed by atoms with Crippen molar-refractivity contribution in [1.82, 2.24) is 9.97 Å². The van der Waals surface area contributed by atoms with Crippen molar-refractivity contribution in [3.05, 3.63) is 80.1 Å². The monoisotopic (exact) mass is 402 g/mol. The number of benzene rings is 1. The van der Waals surface area contributed by atoms with Crippen LogP contribution in [-0.4, -0.2) is 9.97 Å². The van der Waals surface area contributed by atoms with Gasteiger partial charge in [0.15, 0.2) is 0 Å². The molecule has 2 aromatic heterocycles. The van der Waals surface area contributed by atoms with Gasteiger partial charge in [0.05, 0.1) is 10.0 Å². The van der Waals surface area contributed by atoms with Gasteiger partial charge in [0.25, 0.3) is 0 Å². The number of rotatable bonds is 4. The highest BCUT2D eigenvalue weighted by molar-refractivity contribution is 9.10. The Labute approximate surface area is 152 Å². The number of halogens is 2. The van der Waals surface area contributed by atoms with Crippen LogP contribution in [0.25, 0.3) is 11.1 Å². The van der Waals surface area contributed by atoms with Crippen molar-refractivity contribution in [3.63, 3.8) is 0 Å². The molecule has 0 bridgehead atoms. The summed E-state index contributed by atoms with van der Waals surface area (Å²) in [5.41, 5.74) is 3.65. The van der Waals surface area contributed by atoms with E-state index >= 15 is 0 Å². The fraction of sp³-hybridized carbons (Fsp3) is 0.158. The van der Waals surface area contributed by atoms with E-state index in [0.29, 0.717) is 28.1 Å². The molecule has 0 spiro atoms. The van der Waals surface area contributed by atoms with Crippen molar-refractivity contribution in [2.24, 2.45) is 0 Å². The van der Waals surface area contributed by atoms with E-state index in [0.717, 1.165) is 17.0 Å². The van der Waals surface area contributed by atoms with Crippen LogP contribution >= 0.6 is 15.9 Å². The molecule has 4 nitrogen and oxygen atoms in total. The number of ether oxygens (including phenoxy) is 1. The van der Waals surface area contributed by atoms with Gasteiger partial charge >= 0.3 is 0 Å². The van der Waals surface area contributed by atoms with Crippen LogP contribution in [0.15, 0.2) is 51.9 Å². The van der Waals surface area contributed by atoms with E-state index in [9.17, 15) is 9.18 Å². The van der Waals surface area contributed by atoms with Crippen LogP contribution in [-0.2, 0) is 6.61 Å². The van der Waals surface area contributed by atoms with Gasteiger partial charge in [-0.15, -0.1) is 0 Å². The molecule has 0 saturated heterocycles. The SMILES string of the molecule is Cc1[nH]c(C)c(-c2ccc(OCc3ccc(F)cc3)nc2)c(=O)c1Br. The van der Waals surface area contributed by atoms with Crippen LogP contribution in [0, 0.1) is 19.7 Å². The van der Waals surface area contributed by atoms with Crippen LogP contribution < -0.4 is 10.2 Å². The number of nitrogens with zero attached hydrogens (tertiary/aromatic N) is 1. The van der Waals surface area contributed by atoms with E-state index in [4.69, 9.17) is 4.74 Å². The van der Waals surface area contributed by atoms with Crippen molar-refractivity contribution in [2.45, 2.75) is 20.5 Å². The Hall–Kier alpha value is -2.47. The van der Waals surface area contributed by atoms with Crippen molar-refractivity contribution in [2.75, 3.05) is 0 Å².